The van der Waals surface area contributed by atoms with E-state index in [4.69, 9.17) is 0 Å². The van der Waals surface area contributed by atoms with Gasteiger partial charge in [-0.05, 0) is 99.3 Å². The Bertz CT molecular complexity index is 1000. The molecule has 6 rings (SSSR count). The molecule has 4 aliphatic carbocycles. The molecule has 1 aliphatic heterocycles. The quantitative estimate of drug-likeness (QED) is 0.612. The third-order valence-electron chi connectivity index (χ3n) is 8.55. The number of piperidine rings is 1. The molecule has 0 aromatic heterocycles. The minimum Gasteiger partial charge on any atom is -0.355 e. The lowest BCUT2D eigenvalue weighted by Gasteiger charge is -2.55. The van der Waals surface area contributed by atoms with Crippen LogP contribution in [0.5, 0.6) is 0 Å². The average Bonchev–Trinajstić information content (AvgIpc) is 2.78. The highest BCUT2D eigenvalue weighted by Crippen LogP contribution is 2.60. The van der Waals surface area contributed by atoms with E-state index in [2.05, 4.69) is 17.6 Å². The van der Waals surface area contributed by atoms with Crippen LogP contribution in [0.25, 0.3) is 0 Å². The van der Waals surface area contributed by atoms with Gasteiger partial charge in [0, 0.05) is 37.2 Å². The second-order valence-corrected chi connectivity index (χ2v) is 13.3. The molecule has 4 bridgehead atoms. The summed E-state index contributed by atoms with van der Waals surface area (Å²) in [6, 6.07) is 6.37. The lowest BCUT2D eigenvalue weighted by molar-refractivity contribution is -0.146. The zero-order valence-corrected chi connectivity index (χ0v) is 20.9. The fourth-order valence-corrected chi connectivity index (χ4v) is 8.91. The molecule has 2 N–H and O–H groups in total. The summed E-state index contributed by atoms with van der Waals surface area (Å²) in [6.07, 6.45) is 9.08. The van der Waals surface area contributed by atoms with Crippen LogP contribution in [-0.2, 0) is 19.6 Å². The van der Waals surface area contributed by atoms with Gasteiger partial charge in [0.15, 0.2) is 0 Å². The van der Waals surface area contributed by atoms with Crippen LogP contribution in [0.2, 0.25) is 0 Å². The first-order valence-electron chi connectivity index (χ1n) is 12.9. The molecular weight excluding hydrogens is 450 g/mol. The van der Waals surface area contributed by atoms with E-state index in [0.29, 0.717) is 49.0 Å². The number of anilines is 1. The smallest absolute Gasteiger partial charge is 0.243 e. The van der Waals surface area contributed by atoms with E-state index < -0.39 is 10.0 Å². The topological polar surface area (TPSA) is 95.6 Å². The van der Waals surface area contributed by atoms with E-state index in [1.807, 2.05) is 0 Å². The highest BCUT2D eigenvalue weighted by molar-refractivity contribution is 7.89. The van der Waals surface area contributed by atoms with E-state index in [-0.39, 0.29) is 28.5 Å². The van der Waals surface area contributed by atoms with Crippen LogP contribution < -0.4 is 10.6 Å². The van der Waals surface area contributed by atoms with Crippen LogP contribution in [0, 0.1) is 29.1 Å². The third-order valence-corrected chi connectivity index (χ3v) is 10.4. The summed E-state index contributed by atoms with van der Waals surface area (Å²) in [6.45, 7) is 3.51. The van der Waals surface area contributed by atoms with Crippen molar-refractivity contribution in [1.82, 2.24) is 9.62 Å². The maximum absolute atomic E-state index is 13.0. The first kappa shape index (κ1) is 23.8. The highest BCUT2D eigenvalue weighted by Gasteiger charge is 2.54. The van der Waals surface area contributed by atoms with Crippen molar-refractivity contribution < 1.29 is 18.0 Å². The first-order chi connectivity index (χ1) is 16.2. The van der Waals surface area contributed by atoms with Gasteiger partial charge in [-0.1, -0.05) is 6.92 Å². The molecule has 8 heteroatoms. The first-order valence-corrected chi connectivity index (χ1v) is 14.4. The SMILES string of the molecule is CC1CCCN(S(=O)(=O)c2ccc(NC(=O)CCNC(=O)C34CC5CC(CC(C5)C3)C4)cc2)C1. The van der Waals surface area contributed by atoms with Gasteiger partial charge in [-0.15, -0.1) is 0 Å². The number of nitrogens with zero attached hydrogens (tertiary/aromatic N) is 1. The predicted octanol–water partition coefficient (Wildman–Crippen LogP) is 3.77. The highest BCUT2D eigenvalue weighted by atomic mass is 32.2. The van der Waals surface area contributed by atoms with Gasteiger partial charge in [0.05, 0.1) is 4.90 Å². The molecule has 1 aromatic carbocycles. The summed E-state index contributed by atoms with van der Waals surface area (Å²) in [4.78, 5) is 25.7. The molecule has 1 aromatic rings. The molecule has 2 amide bonds. The summed E-state index contributed by atoms with van der Waals surface area (Å²) < 4.78 is 27.4. The van der Waals surface area contributed by atoms with Crippen molar-refractivity contribution in [2.24, 2.45) is 29.1 Å². The second kappa shape index (κ2) is 9.26. The summed E-state index contributed by atoms with van der Waals surface area (Å²) in [5.41, 5.74) is 0.363. The third kappa shape index (κ3) is 4.76. The predicted molar refractivity (Wildman–Crippen MR) is 130 cm³/mol. The van der Waals surface area contributed by atoms with Crippen molar-refractivity contribution in [3.63, 3.8) is 0 Å². The lowest BCUT2D eigenvalue weighted by atomic mass is 9.49. The zero-order valence-electron chi connectivity index (χ0n) is 20.1. The number of hydrogen-bond donors (Lipinski definition) is 2. The van der Waals surface area contributed by atoms with Gasteiger partial charge in [0.1, 0.15) is 0 Å². The fourth-order valence-electron chi connectivity index (χ4n) is 7.31. The Morgan fingerprint density at radius 3 is 2.24 bits per heavy atom. The van der Waals surface area contributed by atoms with Gasteiger partial charge in [0.25, 0.3) is 0 Å². The number of hydrogen-bond acceptors (Lipinski definition) is 4. The van der Waals surface area contributed by atoms with E-state index in [9.17, 15) is 18.0 Å². The van der Waals surface area contributed by atoms with Gasteiger partial charge in [-0.2, -0.15) is 4.31 Å². The van der Waals surface area contributed by atoms with Crippen molar-refractivity contribution in [2.75, 3.05) is 25.0 Å². The number of carbonyl (C=O) groups is 2. The zero-order chi connectivity index (χ0) is 23.9. The van der Waals surface area contributed by atoms with Crippen molar-refractivity contribution >= 4 is 27.5 Å². The minimum absolute atomic E-state index is 0.140. The van der Waals surface area contributed by atoms with Crippen LogP contribution in [-0.4, -0.2) is 44.2 Å². The number of amides is 2. The maximum Gasteiger partial charge on any atom is 0.243 e. The molecule has 34 heavy (non-hydrogen) atoms. The Morgan fingerprint density at radius 1 is 1.03 bits per heavy atom. The molecular formula is C26H37N3O4S. The molecule has 1 saturated heterocycles. The van der Waals surface area contributed by atoms with Gasteiger partial charge in [-0.3, -0.25) is 9.59 Å². The average molecular weight is 488 g/mol. The van der Waals surface area contributed by atoms with Crippen molar-refractivity contribution in [1.29, 1.82) is 0 Å². The molecule has 1 heterocycles. The molecule has 5 fully saturated rings. The molecule has 4 saturated carbocycles. The fraction of sp³-hybridized carbons (Fsp3) is 0.692. The molecule has 7 nitrogen and oxygen atoms in total. The normalized spacial score (nSPS) is 33.0. The van der Waals surface area contributed by atoms with Crippen molar-refractivity contribution in [3.05, 3.63) is 24.3 Å². The molecule has 5 aliphatic rings. The minimum atomic E-state index is -3.51. The molecule has 0 spiro atoms. The Kier molecular flexibility index (Phi) is 6.48. The summed E-state index contributed by atoms with van der Waals surface area (Å²) in [5, 5.41) is 5.86. The van der Waals surface area contributed by atoms with E-state index in [0.717, 1.165) is 32.1 Å². The largest absolute Gasteiger partial charge is 0.355 e. The Hall–Kier alpha value is -1.93. The second-order valence-electron chi connectivity index (χ2n) is 11.4. The number of rotatable bonds is 7. The molecule has 1 atom stereocenters. The van der Waals surface area contributed by atoms with Crippen LogP contribution in [0.1, 0.15) is 64.7 Å². The summed E-state index contributed by atoms with van der Waals surface area (Å²) >= 11 is 0. The van der Waals surface area contributed by atoms with Crippen LogP contribution >= 0.6 is 0 Å². The van der Waals surface area contributed by atoms with Crippen LogP contribution in [0.3, 0.4) is 0 Å². The standard InChI is InChI=1S/C26H37N3O4S/c1-18-3-2-10-29(17-18)34(32,33)23-6-4-22(5-7-23)28-24(30)8-9-27-25(31)26-14-19-11-20(15-26)13-21(12-19)16-26/h4-7,18-21H,2-3,8-17H2,1H3,(H,27,31)(H,28,30). The van der Waals surface area contributed by atoms with Gasteiger partial charge in [0.2, 0.25) is 21.8 Å². The molecule has 186 valence electrons. The summed E-state index contributed by atoms with van der Waals surface area (Å²) in [5.74, 6) is 2.46. The lowest BCUT2D eigenvalue weighted by Crippen LogP contribution is -2.53. The monoisotopic (exact) mass is 487 g/mol. The Balaban J connectivity index is 1.10. The Labute approximate surface area is 203 Å². The maximum atomic E-state index is 13.0. The van der Waals surface area contributed by atoms with E-state index in [1.165, 1.54) is 19.3 Å². The van der Waals surface area contributed by atoms with Crippen molar-refractivity contribution in [2.45, 2.75) is 69.6 Å². The van der Waals surface area contributed by atoms with Crippen LogP contribution in [0.4, 0.5) is 5.69 Å². The van der Waals surface area contributed by atoms with E-state index >= 15 is 0 Å². The van der Waals surface area contributed by atoms with E-state index in [1.54, 1.807) is 28.6 Å². The van der Waals surface area contributed by atoms with Gasteiger partial charge >= 0.3 is 0 Å². The number of benzene rings is 1. The number of sulfonamides is 1. The molecule has 0 radical (unpaired) electrons. The van der Waals surface area contributed by atoms with Gasteiger partial charge in [-0.25, -0.2) is 8.42 Å². The van der Waals surface area contributed by atoms with Gasteiger partial charge < -0.3 is 10.6 Å². The number of nitrogens with one attached hydrogen (secondary N) is 2. The van der Waals surface area contributed by atoms with Crippen LogP contribution in [0.15, 0.2) is 29.2 Å². The summed E-state index contributed by atoms with van der Waals surface area (Å²) in [7, 11) is -3.51. The number of carbonyl (C=O) groups excluding carboxylic acids is 2. The van der Waals surface area contributed by atoms with Crippen molar-refractivity contribution in [3.8, 4) is 0 Å². The molecule has 1 unspecified atom stereocenters. The Morgan fingerprint density at radius 2 is 1.65 bits per heavy atom.